The number of carbonyl (C=O) groups is 1. The van der Waals surface area contributed by atoms with Gasteiger partial charge in [0.2, 0.25) is 11.1 Å². The number of fused-ring (bicyclic) bond motifs is 1. The molecule has 19 heavy (non-hydrogen) atoms. The number of carbonyl (C=O) groups excluding carboxylic acids is 1. The van der Waals surface area contributed by atoms with E-state index in [4.69, 9.17) is 0 Å². The van der Waals surface area contributed by atoms with Gasteiger partial charge in [-0.3, -0.25) is 4.79 Å². The smallest absolute Gasteiger partial charge is 0.253 e. The summed E-state index contributed by atoms with van der Waals surface area (Å²) >= 11 is 1.33. The van der Waals surface area contributed by atoms with Crippen molar-refractivity contribution in [3.8, 4) is 0 Å². The van der Waals surface area contributed by atoms with Gasteiger partial charge in [-0.25, -0.2) is 9.50 Å². The van der Waals surface area contributed by atoms with Gasteiger partial charge >= 0.3 is 0 Å². The van der Waals surface area contributed by atoms with Crippen LogP contribution in [0.25, 0.3) is 5.78 Å². The van der Waals surface area contributed by atoms with Crippen LogP contribution in [0.5, 0.6) is 0 Å². The third-order valence-corrected chi connectivity index (χ3v) is 3.38. The van der Waals surface area contributed by atoms with Gasteiger partial charge in [0.25, 0.3) is 5.78 Å². The molecule has 0 aromatic carbocycles. The first-order valence-electron chi connectivity index (χ1n) is 6.18. The predicted molar refractivity (Wildman–Crippen MR) is 73.9 cm³/mol. The van der Waals surface area contributed by atoms with E-state index >= 15 is 0 Å². The number of amides is 1. The Balaban J connectivity index is 1.98. The molecule has 0 aliphatic heterocycles. The Bertz CT molecular complexity index is 535. The number of nitrogens with one attached hydrogen (secondary N) is 1. The van der Waals surface area contributed by atoms with Gasteiger partial charge in [0.1, 0.15) is 0 Å². The first-order valence-corrected chi connectivity index (χ1v) is 7.06. The summed E-state index contributed by atoms with van der Waals surface area (Å²) in [6.07, 6.45) is 3.44. The first-order chi connectivity index (χ1) is 9.06. The van der Waals surface area contributed by atoms with E-state index in [0.717, 1.165) is 0 Å². The highest BCUT2D eigenvalue weighted by molar-refractivity contribution is 8.00. The molecular weight excluding hydrogens is 262 g/mol. The molecule has 0 aliphatic carbocycles. The van der Waals surface area contributed by atoms with Crippen molar-refractivity contribution < 1.29 is 4.79 Å². The molecular formula is C12H17N5OS. The van der Waals surface area contributed by atoms with E-state index in [1.807, 2.05) is 6.92 Å². The van der Waals surface area contributed by atoms with Crippen LogP contribution in [0.4, 0.5) is 0 Å². The predicted octanol–water partition coefficient (Wildman–Crippen LogP) is 1.38. The second-order valence-corrected chi connectivity index (χ2v) is 5.97. The summed E-state index contributed by atoms with van der Waals surface area (Å²) in [6, 6.07) is 1.79. The van der Waals surface area contributed by atoms with Crippen molar-refractivity contribution in [3.05, 3.63) is 18.5 Å². The number of rotatable bonds is 5. The van der Waals surface area contributed by atoms with Crippen molar-refractivity contribution in [3.63, 3.8) is 0 Å². The molecule has 1 amide bonds. The SMILES string of the molecule is CC(C)CNC(=O)C(C)Sc1nc2ncccn2n1. The second kappa shape index (κ2) is 6.01. The van der Waals surface area contributed by atoms with E-state index in [2.05, 4.69) is 34.2 Å². The molecule has 2 aromatic heterocycles. The standard InChI is InChI=1S/C12H17N5OS/c1-8(2)7-14-10(18)9(3)19-12-15-11-13-5-4-6-17(11)16-12/h4-6,8-9H,7H2,1-3H3,(H,14,18). The molecule has 0 fully saturated rings. The normalized spacial score (nSPS) is 12.8. The van der Waals surface area contributed by atoms with Crippen LogP contribution in [0.15, 0.2) is 23.6 Å². The highest BCUT2D eigenvalue weighted by atomic mass is 32.2. The van der Waals surface area contributed by atoms with Crippen LogP contribution in [0.2, 0.25) is 0 Å². The Labute approximate surface area is 116 Å². The lowest BCUT2D eigenvalue weighted by Crippen LogP contribution is -2.33. The Morgan fingerprint density at radius 3 is 2.95 bits per heavy atom. The van der Waals surface area contributed by atoms with Crippen molar-refractivity contribution in [2.75, 3.05) is 6.54 Å². The maximum absolute atomic E-state index is 11.9. The number of hydrogen-bond acceptors (Lipinski definition) is 5. The lowest BCUT2D eigenvalue weighted by molar-refractivity contribution is -0.120. The number of nitrogens with zero attached hydrogens (tertiary/aromatic N) is 4. The molecule has 7 heteroatoms. The van der Waals surface area contributed by atoms with E-state index in [1.165, 1.54) is 11.8 Å². The van der Waals surface area contributed by atoms with Gasteiger partial charge < -0.3 is 5.32 Å². The van der Waals surface area contributed by atoms with Crippen LogP contribution in [-0.2, 0) is 4.79 Å². The average Bonchev–Trinajstić information content (AvgIpc) is 2.77. The van der Waals surface area contributed by atoms with Crippen molar-refractivity contribution >= 4 is 23.4 Å². The van der Waals surface area contributed by atoms with Crippen LogP contribution in [-0.4, -0.2) is 37.3 Å². The first kappa shape index (κ1) is 13.8. The van der Waals surface area contributed by atoms with Crippen LogP contribution >= 0.6 is 11.8 Å². The van der Waals surface area contributed by atoms with Crippen LogP contribution in [0, 0.1) is 5.92 Å². The molecule has 0 radical (unpaired) electrons. The summed E-state index contributed by atoms with van der Waals surface area (Å²) in [5, 5.41) is 7.49. The van der Waals surface area contributed by atoms with Gasteiger partial charge in [0.15, 0.2) is 0 Å². The molecule has 2 aromatic rings. The van der Waals surface area contributed by atoms with E-state index in [-0.39, 0.29) is 11.2 Å². The van der Waals surface area contributed by atoms with Gasteiger partial charge in [-0.1, -0.05) is 25.6 Å². The van der Waals surface area contributed by atoms with Crippen molar-refractivity contribution in [1.82, 2.24) is 24.9 Å². The fourth-order valence-corrected chi connectivity index (χ4v) is 2.20. The highest BCUT2D eigenvalue weighted by Gasteiger charge is 2.17. The summed E-state index contributed by atoms with van der Waals surface area (Å²) in [4.78, 5) is 20.2. The summed E-state index contributed by atoms with van der Waals surface area (Å²) in [5.41, 5.74) is 0. The zero-order valence-corrected chi connectivity index (χ0v) is 12.0. The molecule has 6 nitrogen and oxygen atoms in total. The lowest BCUT2D eigenvalue weighted by atomic mass is 10.2. The fourth-order valence-electron chi connectivity index (χ4n) is 1.42. The highest BCUT2D eigenvalue weighted by Crippen LogP contribution is 2.19. The van der Waals surface area contributed by atoms with E-state index in [0.29, 0.717) is 23.4 Å². The summed E-state index contributed by atoms with van der Waals surface area (Å²) in [6.45, 7) is 6.66. The molecule has 0 aliphatic rings. The topological polar surface area (TPSA) is 72.2 Å². The zero-order chi connectivity index (χ0) is 13.8. The van der Waals surface area contributed by atoms with E-state index < -0.39 is 0 Å². The molecule has 1 unspecified atom stereocenters. The van der Waals surface area contributed by atoms with Crippen LogP contribution in [0.3, 0.4) is 0 Å². The van der Waals surface area contributed by atoms with Gasteiger partial charge in [-0.15, -0.1) is 5.10 Å². The Morgan fingerprint density at radius 1 is 1.47 bits per heavy atom. The lowest BCUT2D eigenvalue weighted by Gasteiger charge is -2.11. The van der Waals surface area contributed by atoms with Crippen molar-refractivity contribution in [2.45, 2.75) is 31.2 Å². The third kappa shape index (κ3) is 3.66. The molecule has 0 spiro atoms. The molecule has 1 N–H and O–H groups in total. The van der Waals surface area contributed by atoms with Gasteiger partial charge in [0, 0.05) is 18.9 Å². The maximum Gasteiger partial charge on any atom is 0.253 e. The Hall–Kier alpha value is -1.63. The molecule has 0 bridgehead atoms. The van der Waals surface area contributed by atoms with Crippen LogP contribution in [0.1, 0.15) is 20.8 Å². The second-order valence-electron chi connectivity index (χ2n) is 4.66. The number of thioether (sulfide) groups is 1. The molecule has 2 rings (SSSR count). The minimum Gasteiger partial charge on any atom is -0.355 e. The molecule has 1 atom stereocenters. The molecule has 0 saturated carbocycles. The Morgan fingerprint density at radius 2 is 2.26 bits per heavy atom. The van der Waals surface area contributed by atoms with E-state index in [9.17, 15) is 4.79 Å². The quantitative estimate of drug-likeness (QED) is 0.837. The van der Waals surface area contributed by atoms with Gasteiger partial charge in [-0.05, 0) is 18.9 Å². The molecule has 0 saturated heterocycles. The summed E-state index contributed by atoms with van der Waals surface area (Å²) in [7, 11) is 0. The fraction of sp³-hybridized carbons (Fsp3) is 0.500. The number of aromatic nitrogens is 4. The van der Waals surface area contributed by atoms with Gasteiger partial charge in [0.05, 0.1) is 5.25 Å². The van der Waals surface area contributed by atoms with Gasteiger partial charge in [-0.2, -0.15) is 4.98 Å². The van der Waals surface area contributed by atoms with E-state index in [1.54, 1.807) is 23.0 Å². The van der Waals surface area contributed by atoms with Crippen molar-refractivity contribution in [1.29, 1.82) is 0 Å². The molecule has 2 heterocycles. The minimum absolute atomic E-state index is 0.00511. The third-order valence-electron chi connectivity index (χ3n) is 2.43. The zero-order valence-electron chi connectivity index (χ0n) is 11.2. The maximum atomic E-state index is 11.9. The molecule has 102 valence electrons. The minimum atomic E-state index is -0.226. The summed E-state index contributed by atoms with van der Waals surface area (Å²) < 4.78 is 1.60. The monoisotopic (exact) mass is 279 g/mol. The Kier molecular flexibility index (Phi) is 4.36. The van der Waals surface area contributed by atoms with Crippen molar-refractivity contribution in [2.24, 2.45) is 5.92 Å². The largest absolute Gasteiger partial charge is 0.355 e. The number of hydrogen-bond donors (Lipinski definition) is 1. The summed E-state index contributed by atoms with van der Waals surface area (Å²) in [5.74, 6) is 0.990. The average molecular weight is 279 g/mol. The van der Waals surface area contributed by atoms with Crippen LogP contribution < -0.4 is 5.32 Å².